The van der Waals surface area contributed by atoms with E-state index < -0.39 is 0 Å². The van der Waals surface area contributed by atoms with Crippen LogP contribution in [-0.2, 0) is 6.54 Å². The number of nitrogens with one attached hydrogen (secondary N) is 2. The first-order valence-corrected chi connectivity index (χ1v) is 5.85. The number of nitrogens with zero attached hydrogens (tertiary/aromatic N) is 1. The van der Waals surface area contributed by atoms with E-state index in [1.165, 1.54) is 5.56 Å². The predicted octanol–water partition coefficient (Wildman–Crippen LogP) is 1.67. The van der Waals surface area contributed by atoms with Gasteiger partial charge in [-0.1, -0.05) is 13.8 Å². The molecule has 0 atom stereocenters. The minimum absolute atomic E-state index is 0.0790. The molecule has 4 heteroatoms. The highest BCUT2D eigenvalue weighted by atomic mass is 16.3. The van der Waals surface area contributed by atoms with E-state index >= 15 is 0 Å². The molecule has 0 saturated heterocycles. The highest BCUT2D eigenvalue weighted by molar-refractivity contribution is 5.79. The lowest BCUT2D eigenvalue weighted by Gasteiger charge is -2.21. The molecule has 0 bridgehead atoms. The number of aliphatic hydroxyl groups excluding tert-OH is 1. The first-order chi connectivity index (χ1) is 8.12. The van der Waals surface area contributed by atoms with E-state index in [1.807, 2.05) is 26.1 Å². The van der Waals surface area contributed by atoms with Crippen molar-refractivity contribution in [3.05, 3.63) is 30.1 Å². The third-order valence-electron chi connectivity index (χ3n) is 2.88. The Morgan fingerprint density at radius 2 is 2.29 bits per heavy atom. The Hall–Kier alpha value is -1.39. The van der Waals surface area contributed by atoms with E-state index in [4.69, 9.17) is 5.11 Å². The SMILES string of the molecule is CC(C)(CO)CNCc1c[nH]c2ncccc12. The zero-order chi connectivity index (χ0) is 12.3. The fraction of sp³-hybridized carbons (Fsp3) is 0.462. The van der Waals surface area contributed by atoms with Crippen LogP contribution in [0.3, 0.4) is 0 Å². The Morgan fingerprint density at radius 3 is 3.06 bits per heavy atom. The van der Waals surface area contributed by atoms with Gasteiger partial charge in [0.1, 0.15) is 5.65 Å². The molecule has 2 aromatic heterocycles. The number of aromatic nitrogens is 2. The van der Waals surface area contributed by atoms with Crippen molar-refractivity contribution in [2.24, 2.45) is 5.41 Å². The van der Waals surface area contributed by atoms with Crippen molar-refractivity contribution in [1.29, 1.82) is 0 Å². The van der Waals surface area contributed by atoms with Gasteiger partial charge < -0.3 is 15.4 Å². The molecule has 0 spiro atoms. The van der Waals surface area contributed by atoms with Crippen molar-refractivity contribution in [2.45, 2.75) is 20.4 Å². The summed E-state index contributed by atoms with van der Waals surface area (Å²) in [5.74, 6) is 0. The molecule has 0 aromatic carbocycles. The largest absolute Gasteiger partial charge is 0.396 e. The number of rotatable bonds is 5. The second-order valence-electron chi connectivity index (χ2n) is 5.14. The topological polar surface area (TPSA) is 60.9 Å². The lowest BCUT2D eigenvalue weighted by atomic mass is 9.95. The van der Waals surface area contributed by atoms with Crippen LogP contribution in [0.15, 0.2) is 24.5 Å². The van der Waals surface area contributed by atoms with Crippen molar-refractivity contribution in [3.8, 4) is 0 Å². The molecule has 0 unspecified atom stereocenters. The molecule has 2 heterocycles. The normalized spacial score (nSPS) is 12.2. The van der Waals surface area contributed by atoms with Crippen molar-refractivity contribution < 1.29 is 5.11 Å². The first-order valence-electron chi connectivity index (χ1n) is 5.85. The Balaban J connectivity index is 2.00. The number of hydrogen-bond acceptors (Lipinski definition) is 3. The Morgan fingerprint density at radius 1 is 1.47 bits per heavy atom. The zero-order valence-corrected chi connectivity index (χ0v) is 10.3. The van der Waals surface area contributed by atoms with Gasteiger partial charge in [0.25, 0.3) is 0 Å². The monoisotopic (exact) mass is 233 g/mol. The fourth-order valence-electron chi connectivity index (χ4n) is 1.75. The third kappa shape index (κ3) is 2.84. The molecule has 0 radical (unpaired) electrons. The summed E-state index contributed by atoms with van der Waals surface area (Å²) in [6, 6.07) is 4.00. The lowest BCUT2D eigenvalue weighted by Crippen LogP contribution is -2.31. The van der Waals surface area contributed by atoms with Gasteiger partial charge in [-0.3, -0.25) is 0 Å². The van der Waals surface area contributed by atoms with Crippen LogP contribution in [0.4, 0.5) is 0 Å². The Labute approximate surface area is 101 Å². The van der Waals surface area contributed by atoms with Crippen LogP contribution in [0.2, 0.25) is 0 Å². The zero-order valence-electron chi connectivity index (χ0n) is 10.3. The summed E-state index contributed by atoms with van der Waals surface area (Å²) in [6.07, 6.45) is 3.77. The maximum Gasteiger partial charge on any atom is 0.137 e. The molecular formula is C13H19N3O. The van der Waals surface area contributed by atoms with Crippen molar-refractivity contribution >= 4 is 11.0 Å². The molecule has 2 rings (SSSR count). The number of hydrogen-bond donors (Lipinski definition) is 3. The van der Waals surface area contributed by atoms with Crippen LogP contribution in [0.5, 0.6) is 0 Å². The lowest BCUT2D eigenvalue weighted by molar-refractivity contribution is 0.157. The fourth-order valence-corrected chi connectivity index (χ4v) is 1.75. The maximum absolute atomic E-state index is 9.17. The number of aliphatic hydroxyl groups is 1. The number of fused-ring (bicyclic) bond motifs is 1. The van der Waals surface area contributed by atoms with Gasteiger partial charge in [0.2, 0.25) is 0 Å². The molecule has 0 aliphatic heterocycles. The molecule has 0 aliphatic rings. The maximum atomic E-state index is 9.17. The van der Waals surface area contributed by atoms with E-state index in [0.717, 1.165) is 24.1 Å². The summed E-state index contributed by atoms with van der Waals surface area (Å²) < 4.78 is 0. The molecule has 0 fully saturated rings. The van der Waals surface area contributed by atoms with E-state index in [0.29, 0.717) is 0 Å². The second-order valence-corrected chi connectivity index (χ2v) is 5.14. The smallest absolute Gasteiger partial charge is 0.137 e. The van der Waals surface area contributed by atoms with E-state index in [9.17, 15) is 0 Å². The van der Waals surface area contributed by atoms with Gasteiger partial charge in [0.05, 0.1) is 0 Å². The van der Waals surface area contributed by atoms with Crippen LogP contribution >= 0.6 is 0 Å². The number of H-pyrrole nitrogens is 1. The van der Waals surface area contributed by atoms with E-state index in [1.54, 1.807) is 6.20 Å². The van der Waals surface area contributed by atoms with Crippen LogP contribution in [0.25, 0.3) is 11.0 Å². The Kier molecular flexibility index (Phi) is 3.45. The van der Waals surface area contributed by atoms with E-state index in [2.05, 4.69) is 21.4 Å². The second kappa shape index (κ2) is 4.85. The summed E-state index contributed by atoms with van der Waals surface area (Å²) >= 11 is 0. The summed E-state index contributed by atoms with van der Waals surface area (Å²) in [5, 5.41) is 13.7. The van der Waals surface area contributed by atoms with Crippen LogP contribution in [0, 0.1) is 5.41 Å². The van der Waals surface area contributed by atoms with Crippen molar-refractivity contribution in [1.82, 2.24) is 15.3 Å². The van der Waals surface area contributed by atoms with Gasteiger partial charge >= 0.3 is 0 Å². The van der Waals surface area contributed by atoms with Crippen LogP contribution in [0.1, 0.15) is 19.4 Å². The summed E-state index contributed by atoms with van der Waals surface area (Å²) in [6.45, 7) is 5.84. The molecule has 0 saturated carbocycles. The highest BCUT2D eigenvalue weighted by Gasteiger charge is 2.15. The average molecular weight is 233 g/mol. The average Bonchev–Trinajstić information content (AvgIpc) is 2.73. The minimum atomic E-state index is -0.0790. The molecular weight excluding hydrogens is 214 g/mol. The van der Waals surface area contributed by atoms with Gasteiger partial charge in [-0.25, -0.2) is 4.98 Å². The summed E-state index contributed by atoms with van der Waals surface area (Å²) in [7, 11) is 0. The molecule has 2 aromatic rings. The van der Waals surface area contributed by atoms with Crippen molar-refractivity contribution in [2.75, 3.05) is 13.2 Å². The van der Waals surface area contributed by atoms with Gasteiger partial charge in [-0.2, -0.15) is 0 Å². The highest BCUT2D eigenvalue weighted by Crippen LogP contribution is 2.16. The summed E-state index contributed by atoms with van der Waals surface area (Å²) in [4.78, 5) is 7.40. The molecule has 4 nitrogen and oxygen atoms in total. The Bertz CT molecular complexity index is 490. The standard InChI is InChI=1S/C13H19N3O/c1-13(2,9-17)8-14-6-10-7-16-12-11(10)4-3-5-15-12/h3-5,7,14,17H,6,8-9H2,1-2H3,(H,15,16). The van der Waals surface area contributed by atoms with E-state index in [-0.39, 0.29) is 12.0 Å². The van der Waals surface area contributed by atoms with Gasteiger partial charge in [0.15, 0.2) is 0 Å². The molecule has 92 valence electrons. The minimum Gasteiger partial charge on any atom is -0.396 e. The molecule has 0 amide bonds. The number of aromatic amines is 1. The molecule has 3 N–H and O–H groups in total. The quantitative estimate of drug-likeness (QED) is 0.736. The predicted molar refractivity (Wildman–Crippen MR) is 68.7 cm³/mol. The first kappa shape index (κ1) is 12.1. The van der Waals surface area contributed by atoms with Crippen LogP contribution < -0.4 is 5.32 Å². The molecule has 17 heavy (non-hydrogen) atoms. The summed E-state index contributed by atoms with van der Waals surface area (Å²) in [5.41, 5.74) is 2.05. The van der Waals surface area contributed by atoms with Crippen molar-refractivity contribution in [3.63, 3.8) is 0 Å². The van der Waals surface area contributed by atoms with Gasteiger partial charge in [-0.15, -0.1) is 0 Å². The van der Waals surface area contributed by atoms with Gasteiger partial charge in [-0.05, 0) is 17.7 Å². The molecule has 0 aliphatic carbocycles. The number of pyridine rings is 1. The van der Waals surface area contributed by atoms with Crippen LogP contribution in [-0.4, -0.2) is 28.2 Å². The third-order valence-corrected chi connectivity index (χ3v) is 2.88. The van der Waals surface area contributed by atoms with Gasteiger partial charge in [0, 0.05) is 42.9 Å².